The normalized spacial score (nSPS) is 43.2. The van der Waals surface area contributed by atoms with Crippen LogP contribution in [-0.4, -0.2) is 46.3 Å². The Morgan fingerprint density at radius 3 is 2.54 bits per heavy atom. The van der Waals surface area contributed by atoms with Gasteiger partial charge in [0.15, 0.2) is 0 Å². The van der Waals surface area contributed by atoms with E-state index in [0.717, 1.165) is 0 Å². The van der Waals surface area contributed by atoms with E-state index in [2.05, 4.69) is 0 Å². The van der Waals surface area contributed by atoms with E-state index < -0.39 is 24.4 Å². The van der Waals surface area contributed by atoms with Crippen molar-refractivity contribution in [3.63, 3.8) is 0 Å². The summed E-state index contributed by atoms with van der Waals surface area (Å²) in [6.07, 6.45) is -2.20. The molecular formula is C9H18O4. The number of ether oxygens (including phenoxy) is 1. The maximum absolute atomic E-state index is 9.57. The summed E-state index contributed by atoms with van der Waals surface area (Å²) in [5, 5.41) is 28.2. The zero-order chi connectivity index (χ0) is 10.0. The second kappa shape index (κ2) is 4.37. The van der Waals surface area contributed by atoms with Crippen LogP contribution in [0.3, 0.4) is 0 Å². The number of hydrogen-bond acceptors (Lipinski definition) is 4. The zero-order valence-corrected chi connectivity index (χ0v) is 8.05. The Labute approximate surface area is 78.1 Å². The van der Waals surface area contributed by atoms with Gasteiger partial charge in [-0.15, -0.1) is 0 Å². The quantitative estimate of drug-likeness (QED) is 0.550. The van der Waals surface area contributed by atoms with Gasteiger partial charge in [0.05, 0.1) is 24.9 Å². The van der Waals surface area contributed by atoms with E-state index in [1.807, 2.05) is 6.92 Å². The molecule has 5 atom stereocenters. The Balaban J connectivity index is 2.48. The van der Waals surface area contributed by atoms with Gasteiger partial charge in [-0.1, -0.05) is 6.92 Å². The number of aliphatic hydroxyl groups is 3. The van der Waals surface area contributed by atoms with Gasteiger partial charge in [0.1, 0.15) is 6.10 Å². The lowest BCUT2D eigenvalue weighted by Gasteiger charge is -2.36. The average molecular weight is 190 g/mol. The Bertz CT molecular complexity index is 160. The summed E-state index contributed by atoms with van der Waals surface area (Å²) < 4.78 is 5.31. The van der Waals surface area contributed by atoms with Gasteiger partial charge in [0, 0.05) is 12.3 Å². The van der Waals surface area contributed by atoms with Crippen LogP contribution in [0, 0.1) is 5.92 Å². The summed E-state index contributed by atoms with van der Waals surface area (Å²) in [5.74, 6) is -0.0414. The Hall–Kier alpha value is -0.160. The molecule has 13 heavy (non-hydrogen) atoms. The van der Waals surface area contributed by atoms with Crippen molar-refractivity contribution in [2.24, 2.45) is 5.92 Å². The first kappa shape index (κ1) is 10.9. The van der Waals surface area contributed by atoms with E-state index in [-0.39, 0.29) is 5.92 Å². The maximum Gasteiger partial charge on any atom is 0.106 e. The summed E-state index contributed by atoms with van der Waals surface area (Å²) in [4.78, 5) is 0. The van der Waals surface area contributed by atoms with Crippen molar-refractivity contribution >= 4 is 0 Å². The number of hydrogen-bond donors (Lipinski definition) is 3. The molecule has 0 unspecified atom stereocenters. The van der Waals surface area contributed by atoms with Crippen LogP contribution in [0.4, 0.5) is 0 Å². The van der Waals surface area contributed by atoms with Crippen LogP contribution in [0.2, 0.25) is 0 Å². The molecule has 4 heteroatoms. The summed E-state index contributed by atoms with van der Waals surface area (Å²) in [6, 6.07) is 0. The third-order valence-electron chi connectivity index (χ3n) is 2.46. The molecule has 0 aliphatic carbocycles. The first-order valence-corrected chi connectivity index (χ1v) is 4.68. The third kappa shape index (κ3) is 2.64. The molecule has 1 heterocycles. The lowest BCUT2D eigenvalue weighted by molar-refractivity contribution is -0.167. The largest absolute Gasteiger partial charge is 0.393 e. The smallest absolute Gasteiger partial charge is 0.106 e. The summed E-state index contributed by atoms with van der Waals surface area (Å²) in [5.41, 5.74) is 0. The molecule has 0 spiro atoms. The van der Waals surface area contributed by atoms with E-state index in [1.165, 1.54) is 0 Å². The van der Waals surface area contributed by atoms with Gasteiger partial charge in [-0.3, -0.25) is 0 Å². The predicted molar refractivity (Wildman–Crippen MR) is 47.2 cm³/mol. The minimum Gasteiger partial charge on any atom is -0.393 e. The Morgan fingerprint density at radius 1 is 1.38 bits per heavy atom. The minimum atomic E-state index is -0.877. The summed E-state index contributed by atoms with van der Waals surface area (Å²) in [6.45, 7) is 3.91. The van der Waals surface area contributed by atoms with Gasteiger partial charge in [-0.2, -0.15) is 0 Å². The highest BCUT2D eigenvalue weighted by Crippen LogP contribution is 2.22. The second-order valence-electron chi connectivity index (χ2n) is 3.91. The van der Waals surface area contributed by atoms with Gasteiger partial charge >= 0.3 is 0 Å². The summed E-state index contributed by atoms with van der Waals surface area (Å²) in [7, 11) is 0. The van der Waals surface area contributed by atoms with Crippen LogP contribution in [0.25, 0.3) is 0 Å². The second-order valence-corrected chi connectivity index (χ2v) is 3.91. The highest BCUT2D eigenvalue weighted by molar-refractivity contribution is 4.85. The highest BCUT2D eigenvalue weighted by atomic mass is 16.5. The van der Waals surface area contributed by atoms with Gasteiger partial charge in [0.25, 0.3) is 0 Å². The molecule has 1 aliphatic heterocycles. The first-order valence-electron chi connectivity index (χ1n) is 4.68. The van der Waals surface area contributed by atoms with Crippen molar-refractivity contribution in [1.82, 2.24) is 0 Å². The monoisotopic (exact) mass is 190 g/mol. The van der Waals surface area contributed by atoms with E-state index in [1.54, 1.807) is 6.92 Å². The molecule has 78 valence electrons. The average Bonchev–Trinajstić information content (AvgIpc) is 2.06. The SMILES string of the molecule is C[C@H](O)C[C@@H]1OC[C@@H](C)[C@H](O)[C@H]1O. The van der Waals surface area contributed by atoms with Crippen LogP contribution in [0.15, 0.2) is 0 Å². The van der Waals surface area contributed by atoms with Crippen LogP contribution < -0.4 is 0 Å². The van der Waals surface area contributed by atoms with Crippen molar-refractivity contribution in [1.29, 1.82) is 0 Å². The van der Waals surface area contributed by atoms with Gasteiger partial charge in [-0.25, -0.2) is 0 Å². The molecule has 3 N–H and O–H groups in total. The molecule has 0 amide bonds. The molecule has 0 aromatic rings. The Kier molecular flexibility index (Phi) is 3.67. The van der Waals surface area contributed by atoms with E-state index in [9.17, 15) is 10.2 Å². The van der Waals surface area contributed by atoms with Crippen molar-refractivity contribution in [2.75, 3.05) is 6.61 Å². The molecule has 1 saturated heterocycles. The van der Waals surface area contributed by atoms with Crippen molar-refractivity contribution < 1.29 is 20.1 Å². The van der Waals surface area contributed by atoms with Gasteiger partial charge in [0.2, 0.25) is 0 Å². The van der Waals surface area contributed by atoms with Crippen molar-refractivity contribution in [3.05, 3.63) is 0 Å². The van der Waals surface area contributed by atoms with Gasteiger partial charge in [-0.05, 0) is 6.92 Å². The summed E-state index contributed by atoms with van der Waals surface area (Å²) >= 11 is 0. The fourth-order valence-corrected chi connectivity index (χ4v) is 1.57. The molecule has 1 aliphatic rings. The highest BCUT2D eigenvalue weighted by Gasteiger charge is 2.36. The molecule has 0 radical (unpaired) electrons. The van der Waals surface area contributed by atoms with Crippen LogP contribution in [0.1, 0.15) is 20.3 Å². The fraction of sp³-hybridized carbons (Fsp3) is 1.00. The molecule has 0 saturated carbocycles. The van der Waals surface area contributed by atoms with Crippen LogP contribution in [-0.2, 0) is 4.74 Å². The standard InChI is InChI=1S/C9H18O4/c1-5-4-13-7(3-6(2)10)9(12)8(5)11/h5-12H,3-4H2,1-2H3/t5-,6+,7+,8+,9+/m1/s1. The zero-order valence-electron chi connectivity index (χ0n) is 8.05. The van der Waals surface area contributed by atoms with Crippen LogP contribution >= 0.6 is 0 Å². The fourth-order valence-electron chi connectivity index (χ4n) is 1.57. The van der Waals surface area contributed by atoms with Gasteiger partial charge < -0.3 is 20.1 Å². The molecule has 4 nitrogen and oxygen atoms in total. The van der Waals surface area contributed by atoms with E-state index in [0.29, 0.717) is 13.0 Å². The molecule has 0 aromatic carbocycles. The van der Waals surface area contributed by atoms with Crippen molar-refractivity contribution in [2.45, 2.75) is 44.7 Å². The maximum atomic E-state index is 9.57. The van der Waals surface area contributed by atoms with Crippen LogP contribution in [0.5, 0.6) is 0 Å². The molecule has 0 aromatic heterocycles. The molecule has 1 rings (SSSR count). The topological polar surface area (TPSA) is 69.9 Å². The Morgan fingerprint density at radius 2 is 2.00 bits per heavy atom. The predicted octanol–water partition coefficient (Wildman–Crippen LogP) is -0.486. The van der Waals surface area contributed by atoms with E-state index in [4.69, 9.17) is 9.84 Å². The lowest BCUT2D eigenvalue weighted by Crippen LogP contribution is -2.49. The lowest BCUT2D eigenvalue weighted by atomic mass is 9.91. The molecule has 0 bridgehead atoms. The van der Waals surface area contributed by atoms with Crippen molar-refractivity contribution in [3.8, 4) is 0 Å². The molecule has 1 fully saturated rings. The molecular weight excluding hydrogens is 172 g/mol. The third-order valence-corrected chi connectivity index (χ3v) is 2.46. The number of rotatable bonds is 2. The number of aliphatic hydroxyl groups excluding tert-OH is 3. The minimum absolute atomic E-state index is 0.0414. The van der Waals surface area contributed by atoms with E-state index >= 15 is 0 Å². The first-order chi connectivity index (χ1) is 6.02.